The normalized spacial score (nSPS) is 24.2. The van der Waals surface area contributed by atoms with Gasteiger partial charge in [-0.1, -0.05) is 39.3 Å². The summed E-state index contributed by atoms with van der Waals surface area (Å²) in [6, 6.07) is 5.71. The van der Waals surface area contributed by atoms with Crippen LogP contribution < -0.4 is 5.32 Å². The van der Waals surface area contributed by atoms with Crippen LogP contribution in [0.1, 0.15) is 58.4 Å². The highest BCUT2D eigenvalue weighted by atomic mass is 19.1. The van der Waals surface area contributed by atoms with Gasteiger partial charge in [0.2, 0.25) is 0 Å². The predicted octanol–water partition coefficient (Wildman–Crippen LogP) is 5.54. The van der Waals surface area contributed by atoms with Gasteiger partial charge in [-0.2, -0.15) is 0 Å². The maximum atomic E-state index is 13.9. The lowest BCUT2D eigenvalue weighted by Gasteiger charge is -2.29. The Morgan fingerprint density at radius 1 is 1.10 bits per heavy atom. The number of hydrogen-bond donors (Lipinski definition) is 1. The average molecular weight is 277 g/mol. The highest BCUT2D eigenvalue weighted by Gasteiger charge is 2.28. The van der Waals surface area contributed by atoms with Crippen LogP contribution in [0, 0.1) is 24.1 Å². The van der Waals surface area contributed by atoms with Gasteiger partial charge in [0.25, 0.3) is 0 Å². The maximum absolute atomic E-state index is 13.9. The van der Waals surface area contributed by atoms with E-state index in [0.29, 0.717) is 17.1 Å². The summed E-state index contributed by atoms with van der Waals surface area (Å²) in [4.78, 5) is 0. The van der Waals surface area contributed by atoms with Crippen LogP contribution in [0.15, 0.2) is 18.2 Å². The first kappa shape index (κ1) is 15.3. The molecule has 1 aliphatic carbocycles. The van der Waals surface area contributed by atoms with Crippen LogP contribution in [0.5, 0.6) is 0 Å². The van der Waals surface area contributed by atoms with Crippen molar-refractivity contribution in [2.24, 2.45) is 11.3 Å². The molecule has 0 aliphatic heterocycles. The number of rotatable bonds is 2. The molecule has 1 aromatic carbocycles. The molecule has 0 saturated heterocycles. The Bertz CT molecular complexity index is 427. The lowest BCUT2D eigenvalue weighted by atomic mass is 9.76. The van der Waals surface area contributed by atoms with Gasteiger partial charge in [-0.25, -0.2) is 4.39 Å². The van der Waals surface area contributed by atoms with Crippen molar-refractivity contribution < 1.29 is 4.39 Å². The van der Waals surface area contributed by atoms with Gasteiger partial charge < -0.3 is 5.32 Å². The van der Waals surface area contributed by atoms with E-state index in [1.54, 1.807) is 12.1 Å². The van der Waals surface area contributed by atoms with Gasteiger partial charge in [0.15, 0.2) is 0 Å². The minimum absolute atomic E-state index is 0.124. The highest BCUT2D eigenvalue weighted by molar-refractivity contribution is 5.52. The molecule has 2 unspecified atom stereocenters. The van der Waals surface area contributed by atoms with Crippen molar-refractivity contribution in [2.45, 2.75) is 65.8 Å². The van der Waals surface area contributed by atoms with Crippen LogP contribution in [-0.4, -0.2) is 6.04 Å². The second-order valence-corrected chi connectivity index (χ2v) is 7.34. The fourth-order valence-corrected chi connectivity index (χ4v) is 3.33. The summed E-state index contributed by atoms with van der Waals surface area (Å²) in [5.41, 5.74) is 2.09. The van der Waals surface area contributed by atoms with Gasteiger partial charge in [0, 0.05) is 6.04 Å². The second-order valence-electron chi connectivity index (χ2n) is 7.34. The third kappa shape index (κ3) is 3.74. The molecule has 0 radical (unpaired) electrons. The smallest absolute Gasteiger partial charge is 0.146 e. The van der Waals surface area contributed by atoms with Gasteiger partial charge in [0.1, 0.15) is 5.82 Å². The second kappa shape index (κ2) is 6.15. The maximum Gasteiger partial charge on any atom is 0.146 e. The molecule has 1 aromatic rings. The van der Waals surface area contributed by atoms with Crippen molar-refractivity contribution in [3.05, 3.63) is 29.6 Å². The summed E-state index contributed by atoms with van der Waals surface area (Å²) < 4.78 is 13.9. The lowest BCUT2D eigenvalue weighted by Crippen LogP contribution is -2.22. The van der Waals surface area contributed by atoms with Crippen LogP contribution in [0.2, 0.25) is 0 Å². The molecule has 2 rings (SSSR count). The van der Waals surface area contributed by atoms with Crippen LogP contribution >= 0.6 is 0 Å². The SMILES string of the molecule is Cc1cccc(F)c1NC1CCCC(C(C)(C)C)CC1. The zero-order valence-electron chi connectivity index (χ0n) is 13.3. The molecule has 2 atom stereocenters. The summed E-state index contributed by atoms with van der Waals surface area (Å²) >= 11 is 0. The summed E-state index contributed by atoms with van der Waals surface area (Å²) in [5.74, 6) is 0.664. The van der Waals surface area contributed by atoms with Crippen molar-refractivity contribution in [3.8, 4) is 0 Å². The molecule has 1 aliphatic rings. The largest absolute Gasteiger partial charge is 0.380 e. The third-order valence-corrected chi connectivity index (χ3v) is 4.76. The number of para-hydroxylation sites is 1. The summed E-state index contributed by atoms with van der Waals surface area (Å²) in [6.45, 7) is 8.99. The quantitative estimate of drug-likeness (QED) is 0.700. The number of halogens is 1. The standard InChI is InChI=1S/C18H28FN/c1-13-7-5-10-16(19)17(13)20-15-9-6-8-14(11-12-15)18(2,3)4/h5,7,10,14-15,20H,6,8-9,11-12H2,1-4H3. The van der Waals surface area contributed by atoms with E-state index >= 15 is 0 Å². The van der Waals surface area contributed by atoms with Crippen molar-refractivity contribution in [1.82, 2.24) is 0 Å². The third-order valence-electron chi connectivity index (χ3n) is 4.76. The Labute approximate surface area is 123 Å². The van der Waals surface area contributed by atoms with Gasteiger partial charge in [-0.15, -0.1) is 0 Å². The number of hydrogen-bond acceptors (Lipinski definition) is 1. The van der Waals surface area contributed by atoms with Gasteiger partial charge >= 0.3 is 0 Å². The van der Waals surface area contributed by atoms with E-state index < -0.39 is 0 Å². The molecule has 1 saturated carbocycles. The van der Waals surface area contributed by atoms with Crippen molar-refractivity contribution in [3.63, 3.8) is 0 Å². The van der Waals surface area contributed by atoms with E-state index in [1.165, 1.54) is 19.3 Å². The van der Waals surface area contributed by atoms with E-state index in [9.17, 15) is 4.39 Å². The van der Waals surface area contributed by atoms with Crippen LogP contribution in [0.3, 0.4) is 0 Å². The van der Waals surface area contributed by atoms with E-state index in [4.69, 9.17) is 0 Å². The zero-order valence-corrected chi connectivity index (χ0v) is 13.3. The van der Waals surface area contributed by atoms with Crippen LogP contribution in [-0.2, 0) is 0 Å². The monoisotopic (exact) mass is 277 g/mol. The van der Waals surface area contributed by atoms with Gasteiger partial charge in [-0.3, -0.25) is 0 Å². The highest BCUT2D eigenvalue weighted by Crippen LogP contribution is 2.37. The Morgan fingerprint density at radius 3 is 2.50 bits per heavy atom. The van der Waals surface area contributed by atoms with Crippen molar-refractivity contribution in [2.75, 3.05) is 5.32 Å². The summed E-state index contributed by atoms with van der Waals surface area (Å²) in [6.07, 6.45) is 6.09. The Kier molecular flexibility index (Phi) is 4.72. The van der Waals surface area contributed by atoms with Crippen LogP contribution in [0.25, 0.3) is 0 Å². The molecule has 2 heteroatoms. The topological polar surface area (TPSA) is 12.0 Å². The summed E-state index contributed by atoms with van der Waals surface area (Å²) in [5, 5.41) is 3.45. The molecule has 112 valence electrons. The van der Waals surface area contributed by atoms with E-state index in [1.807, 2.05) is 13.0 Å². The Balaban J connectivity index is 2.01. The van der Waals surface area contributed by atoms with E-state index in [2.05, 4.69) is 26.1 Å². The molecule has 1 fully saturated rings. The summed E-state index contributed by atoms with van der Waals surface area (Å²) in [7, 11) is 0. The van der Waals surface area contributed by atoms with Crippen molar-refractivity contribution >= 4 is 5.69 Å². The minimum Gasteiger partial charge on any atom is -0.380 e. The fraction of sp³-hybridized carbons (Fsp3) is 0.667. The molecule has 0 heterocycles. The molecular weight excluding hydrogens is 249 g/mol. The molecule has 1 nitrogen and oxygen atoms in total. The minimum atomic E-state index is -0.124. The van der Waals surface area contributed by atoms with Gasteiger partial charge in [0.05, 0.1) is 5.69 Å². The van der Waals surface area contributed by atoms with Gasteiger partial charge in [-0.05, 0) is 55.6 Å². The van der Waals surface area contributed by atoms with Crippen molar-refractivity contribution in [1.29, 1.82) is 0 Å². The van der Waals surface area contributed by atoms with E-state index in [0.717, 1.165) is 24.3 Å². The predicted molar refractivity (Wildman–Crippen MR) is 84.6 cm³/mol. The number of aryl methyl sites for hydroxylation is 1. The lowest BCUT2D eigenvalue weighted by molar-refractivity contribution is 0.214. The molecule has 0 bridgehead atoms. The van der Waals surface area contributed by atoms with Crippen LogP contribution in [0.4, 0.5) is 10.1 Å². The number of nitrogens with one attached hydrogen (secondary N) is 1. The number of benzene rings is 1. The molecule has 20 heavy (non-hydrogen) atoms. The van der Waals surface area contributed by atoms with E-state index in [-0.39, 0.29) is 5.82 Å². The molecule has 0 spiro atoms. The molecular formula is C18H28FN. The molecule has 0 aromatic heterocycles. The first-order valence-electron chi connectivity index (χ1n) is 7.89. The fourth-order valence-electron chi connectivity index (χ4n) is 3.33. The molecule has 1 N–H and O–H groups in total. The first-order valence-corrected chi connectivity index (χ1v) is 7.89. The Morgan fingerprint density at radius 2 is 1.85 bits per heavy atom. The Hall–Kier alpha value is -1.05. The molecule has 0 amide bonds. The first-order chi connectivity index (χ1) is 9.38. The zero-order chi connectivity index (χ0) is 14.8. The number of anilines is 1. The average Bonchev–Trinajstić information content (AvgIpc) is 2.59.